The molecule has 2 fully saturated rings. The fourth-order valence-corrected chi connectivity index (χ4v) is 5.73. The van der Waals surface area contributed by atoms with Crippen molar-refractivity contribution in [1.29, 1.82) is 0 Å². The van der Waals surface area contributed by atoms with Crippen LogP contribution in [0.15, 0.2) is 47.8 Å². The van der Waals surface area contributed by atoms with Crippen molar-refractivity contribution < 1.29 is 4.79 Å². The molecule has 0 spiro atoms. The van der Waals surface area contributed by atoms with Gasteiger partial charge in [0.1, 0.15) is 11.6 Å². The lowest BCUT2D eigenvalue weighted by atomic mass is 10.0. The number of nitrogens with zero attached hydrogens (tertiary/aromatic N) is 6. The first-order valence-corrected chi connectivity index (χ1v) is 13.3. The molecule has 194 valence electrons. The molecule has 4 heterocycles. The third kappa shape index (κ3) is 4.59. The van der Waals surface area contributed by atoms with Crippen molar-refractivity contribution in [2.24, 2.45) is 0 Å². The quantitative estimate of drug-likeness (QED) is 0.465. The predicted octanol–water partition coefficient (Wildman–Crippen LogP) is 4.38. The molecule has 9 heteroatoms. The first-order chi connectivity index (χ1) is 17.8. The molecule has 0 saturated carbocycles. The van der Waals surface area contributed by atoms with Crippen molar-refractivity contribution >= 4 is 40.2 Å². The number of carbonyl (C=O) groups excluding carboxylic acids is 1. The number of fused-ring (bicyclic) bond motifs is 1. The van der Waals surface area contributed by atoms with Gasteiger partial charge >= 0.3 is 5.69 Å². The number of para-hydroxylation sites is 1. The van der Waals surface area contributed by atoms with Crippen LogP contribution in [-0.4, -0.2) is 64.1 Å². The van der Waals surface area contributed by atoms with E-state index in [0.717, 1.165) is 42.6 Å². The number of aromatic nitrogens is 3. The summed E-state index contributed by atoms with van der Waals surface area (Å²) in [5.74, 6) is 1.37. The summed E-state index contributed by atoms with van der Waals surface area (Å²) in [6, 6.07) is 9.76. The number of halogens is 1. The summed E-state index contributed by atoms with van der Waals surface area (Å²) in [7, 11) is 0. The van der Waals surface area contributed by atoms with Gasteiger partial charge in [0.2, 0.25) is 5.91 Å². The molecule has 8 nitrogen and oxygen atoms in total. The Morgan fingerprint density at radius 1 is 1.11 bits per heavy atom. The number of pyridine rings is 1. The molecule has 2 saturated heterocycles. The number of anilines is 2. The Morgan fingerprint density at radius 3 is 2.51 bits per heavy atom. The van der Waals surface area contributed by atoms with Gasteiger partial charge in [0.25, 0.3) is 0 Å². The first-order valence-electron chi connectivity index (χ1n) is 13.0. The summed E-state index contributed by atoms with van der Waals surface area (Å²) < 4.78 is 1.63. The van der Waals surface area contributed by atoms with E-state index < -0.39 is 0 Å². The van der Waals surface area contributed by atoms with Crippen LogP contribution in [0.4, 0.5) is 11.6 Å². The van der Waals surface area contributed by atoms with E-state index >= 15 is 0 Å². The zero-order chi connectivity index (χ0) is 26.3. The molecule has 3 aromatic rings. The standard InChI is InChI=1S/C28H33ClN6O2/c1-5-24(36)33-14-15-34(19(4)17-33)25-21-16-22(29)27(32-12-8-9-13-32)30-26(21)35(28(37)31-25)23-11-7-6-10-20(23)18(2)3/h5-7,10-11,16,18-19H,1,8-9,12-15,17H2,2-4H3/t19-/m0/s1. The van der Waals surface area contributed by atoms with Gasteiger partial charge in [-0.15, -0.1) is 0 Å². The molecule has 2 aromatic heterocycles. The minimum absolute atomic E-state index is 0.0522. The van der Waals surface area contributed by atoms with E-state index in [0.29, 0.717) is 41.9 Å². The zero-order valence-corrected chi connectivity index (χ0v) is 22.4. The maximum Gasteiger partial charge on any atom is 0.355 e. The molecule has 2 aliphatic heterocycles. The van der Waals surface area contributed by atoms with Gasteiger partial charge in [-0.25, -0.2) is 14.3 Å². The van der Waals surface area contributed by atoms with Crippen LogP contribution in [0.3, 0.4) is 0 Å². The average molecular weight is 521 g/mol. The molecule has 0 radical (unpaired) electrons. The zero-order valence-electron chi connectivity index (χ0n) is 21.7. The van der Waals surface area contributed by atoms with Crippen LogP contribution in [0.25, 0.3) is 16.7 Å². The van der Waals surface area contributed by atoms with Crippen LogP contribution in [0.2, 0.25) is 5.02 Å². The summed E-state index contributed by atoms with van der Waals surface area (Å²) in [6.45, 7) is 13.2. The Labute approximate surface area is 222 Å². The molecule has 0 unspecified atom stereocenters. The Kier molecular flexibility index (Phi) is 6.94. The van der Waals surface area contributed by atoms with Crippen molar-refractivity contribution in [2.45, 2.75) is 45.6 Å². The number of rotatable bonds is 5. The second-order valence-corrected chi connectivity index (χ2v) is 10.6. The maximum atomic E-state index is 13.8. The highest BCUT2D eigenvalue weighted by Gasteiger charge is 2.30. The number of amides is 1. The fraction of sp³-hybridized carbons (Fsp3) is 0.429. The van der Waals surface area contributed by atoms with Crippen LogP contribution in [0.1, 0.15) is 45.1 Å². The van der Waals surface area contributed by atoms with Gasteiger partial charge in [-0.2, -0.15) is 4.98 Å². The topological polar surface area (TPSA) is 74.6 Å². The molecule has 5 rings (SSSR count). The maximum absolute atomic E-state index is 13.8. The molecular weight excluding hydrogens is 488 g/mol. The molecule has 1 aromatic carbocycles. The third-order valence-corrected chi connectivity index (χ3v) is 7.65. The van der Waals surface area contributed by atoms with E-state index in [4.69, 9.17) is 16.6 Å². The molecule has 2 aliphatic rings. The monoisotopic (exact) mass is 520 g/mol. The van der Waals surface area contributed by atoms with Crippen LogP contribution >= 0.6 is 11.6 Å². The lowest BCUT2D eigenvalue weighted by Crippen LogP contribution is -2.54. The van der Waals surface area contributed by atoms with Crippen LogP contribution in [0.5, 0.6) is 0 Å². The highest BCUT2D eigenvalue weighted by Crippen LogP contribution is 2.35. The second kappa shape index (κ2) is 10.2. The van der Waals surface area contributed by atoms with Crippen molar-refractivity contribution in [1.82, 2.24) is 19.4 Å². The minimum Gasteiger partial charge on any atom is -0.355 e. The van der Waals surface area contributed by atoms with Gasteiger partial charge < -0.3 is 14.7 Å². The number of benzene rings is 1. The average Bonchev–Trinajstić information content (AvgIpc) is 3.42. The Hall–Kier alpha value is -3.39. The van der Waals surface area contributed by atoms with Crippen molar-refractivity contribution in [3.8, 4) is 5.69 Å². The van der Waals surface area contributed by atoms with Crippen LogP contribution in [0, 0.1) is 0 Å². The summed E-state index contributed by atoms with van der Waals surface area (Å²) in [6.07, 6.45) is 3.52. The van der Waals surface area contributed by atoms with Gasteiger partial charge in [0.15, 0.2) is 5.65 Å². The molecule has 1 amide bonds. The number of hydrogen-bond donors (Lipinski definition) is 0. The van der Waals surface area contributed by atoms with E-state index in [2.05, 4.69) is 35.2 Å². The Bertz CT molecular complexity index is 1410. The lowest BCUT2D eigenvalue weighted by Gasteiger charge is -2.40. The van der Waals surface area contributed by atoms with Gasteiger partial charge in [0.05, 0.1) is 16.1 Å². The number of hydrogen-bond acceptors (Lipinski definition) is 6. The molecular formula is C28H33ClN6O2. The van der Waals surface area contributed by atoms with Crippen molar-refractivity contribution in [3.05, 3.63) is 64.1 Å². The molecule has 1 atom stereocenters. The summed E-state index contributed by atoms with van der Waals surface area (Å²) in [5.41, 5.74) is 1.99. The van der Waals surface area contributed by atoms with E-state index in [1.807, 2.05) is 37.3 Å². The summed E-state index contributed by atoms with van der Waals surface area (Å²) in [5, 5.41) is 1.27. The highest BCUT2D eigenvalue weighted by molar-refractivity contribution is 6.33. The van der Waals surface area contributed by atoms with Crippen molar-refractivity contribution in [3.63, 3.8) is 0 Å². The highest BCUT2D eigenvalue weighted by atomic mass is 35.5. The Morgan fingerprint density at radius 2 is 1.84 bits per heavy atom. The number of carbonyl (C=O) groups is 1. The summed E-state index contributed by atoms with van der Waals surface area (Å²) >= 11 is 6.83. The first kappa shape index (κ1) is 25.3. The van der Waals surface area contributed by atoms with Crippen molar-refractivity contribution in [2.75, 3.05) is 42.5 Å². The Balaban J connectivity index is 1.73. The smallest absolute Gasteiger partial charge is 0.355 e. The fourth-order valence-electron chi connectivity index (χ4n) is 5.46. The van der Waals surface area contributed by atoms with Gasteiger partial charge in [-0.3, -0.25) is 4.79 Å². The van der Waals surface area contributed by atoms with Gasteiger partial charge in [-0.05, 0) is 49.5 Å². The van der Waals surface area contributed by atoms with Crippen LogP contribution in [-0.2, 0) is 4.79 Å². The van der Waals surface area contributed by atoms with Crippen LogP contribution < -0.4 is 15.5 Å². The van der Waals surface area contributed by atoms with E-state index in [1.165, 1.54) is 6.08 Å². The van der Waals surface area contributed by atoms with E-state index in [9.17, 15) is 9.59 Å². The number of piperazine rings is 1. The normalized spacial score (nSPS) is 18.2. The SMILES string of the molecule is C=CC(=O)N1CCN(c2nc(=O)n(-c3ccccc3C(C)C)c3nc(N4CCCC4)c(Cl)cc23)[C@@H](C)C1. The lowest BCUT2D eigenvalue weighted by molar-refractivity contribution is -0.126. The van der Waals surface area contributed by atoms with E-state index in [1.54, 1.807) is 9.47 Å². The van der Waals surface area contributed by atoms with Gasteiger partial charge in [0, 0.05) is 38.8 Å². The molecule has 37 heavy (non-hydrogen) atoms. The second-order valence-electron chi connectivity index (χ2n) is 10.2. The molecule has 0 N–H and O–H groups in total. The third-order valence-electron chi connectivity index (χ3n) is 7.37. The summed E-state index contributed by atoms with van der Waals surface area (Å²) in [4.78, 5) is 41.7. The minimum atomic E-state index is -0.380. The molecule has 0 bridgehead atoms. The van der Waals surface area contributed by atoms with Gasteiger partial charge in [-0.1, -0.05) is 50.2 Å². The van der Waals surface area contributed by atoms with E-state index in [-0.39, 0.29) is 23.6 Å². The molecule has 0 aliphatic carbocycles. The largest absolute Gasteiger partial charge is 0.355 e. The predicted molar refractivity (Wildman–Crippen MR) is 149 cm³/mol.